The van der Waals surface area contributed by atoms with Crippen molar-refractivity contribution in [3.8, 4) is 22.6 Å². The van der Waals surface area contributed by atoms with E-state index in [-0.39, 0.29) is 6.17 Å². The normalized spacial score (nSPS) is 14.4. The highest BCUT2D eigenvalue weighted by molar-refractivity contribution is 6.23. The molecule has 1 N–H and O–H groups in total. The van der Waals surface area contributed by atoms with Gasteiger partial charge in [-0.15, -0.1) is 0 Å². The zero-order valence-corrected chi connectivity index (χ0v) is 31.1. The SMILES string of the molecule is c1ccc(-c2nc3c4ccc(-c5ccc(C6=NC(c7ccc8c(c7)oc7ccccc78)NC(c7ccc8ccccc8c7)=N6)cc5)cc4c4ccccc4c3o2)cc1. The Morgan fingerprint density at radius 2 is 1.12 bits per heavy atom. The van der Waals surface area contributed by atoms with Crippen LogP contribution in [0.3, 0.4) is 0 Å². The molecule has 6 heteroatoms. The molecule has 0 fully saturated rings. The Balaban J connectivity index is 0.944. The number of aromatic nitrogens is 1. The molecule has 0 bridgehead atoms. The van der Waals surface area contributed by atoms with Crippen molar-refractivity contribution < 1.29 is 8.83 Å². The van der Waals surface area contributed by atoms with Crippen molar-refractivity contribution in [2.45, 2.75) is 6.17 Å². The number of oxazole rings is 1. The topological polar surface area (TPSA) is 75.9 Å². The van der Waals surface area contributed by atoms with Crippen LogP contribution in [-0.2, 0) is 0 Å². The molecule has 1 aliphatic heterocycles. The fraction of sp³-hybridized carbons (Fsp3) is 0.0192. The fourth-order valence-corrected chi connectivity index (χ4v) is 8.42. The van der Waals surface area contributed by atoms with E-state index in [1.165, 1.54) is 5.39 Å². The third-order valence-corrected chi connectivity index (χ3v) is 11.3. The van der Waals surface area contributed by atoms with Gasteiger partial charge in [0, 0.05) is 43.8 Å². The van der Waals surface area contributed by atoms with Gasteiger partial charge in [-0.1, -0.05) is 146 Å². The minimum absolute atomic E-state index is 0.379. The van der Waals surface area contributed by atoms with E-state index in [9.17, 15) is 0 Å². The van der Waals surface area contributed by atoms with Gasteiger partial charge in [-0.2, -0.15) is 0 Å². The van der Waals surface area contributed by atoms with Crippen molar-refractivity contribution in [2.24, 2.45) is 9.98 Å². The molecule has 58 heavy (non-hydrogen) atoms. The lowest BCUT2D eigenvalue weighted by molar-refractivity contribution is 0.623. The standard InChI is InChI=1S/C52H32N4O2/c1-2-11-34(12-3-1)52-53-47-42-27-24-36(29-44(42)39-14-6-7-16-43(39)48(47)58-52)32-18-21-33(22-19-32)49-54-50(37-23-20-31-10-4-5-13-35(31)28-37)56-51(55-49)38-25-26-41-40-15-8-9-17-45(40)57-46(41)30-38/h1-30,51H,(H,54,55,56). The van der Waals surface area contributed by atoms with Crippen LogP contribution in [0.15, 0.2) is 201 Å². The van der Waals surface area contributed by atoms with Gasteiger partial charge in [-0.3, -0.25) is 0 Å². The predicted molar refractivity (Wildman–Crippen MR) is 237 cm³/mol. The Kier molecular flexibility index (Phi) is 7.19. The third kappa shape index (κ3) is 5.30. The van der Waals surface area contributed by atoms with Gasteiger partial charge in [-0.05, 0) is 69.1 Å². The molecule has 0 amide bonds. The van der Waals surface area contributed by atoms with E-state index in [1.54, 1.807) is 0 Å². The molecule has 0 aliphatic carbocycles. The van der Waals surface area contributed by atoms with E-state index in [0.29, 0.717) is 11.7 Å². The second-order valence-corrected chi connectivity index (χ2v) is 14.8. The van der Waals surface area contributed by atoms with Gasteiger partial charge in [0.05, 0.1) is 0 Å². The van der Waals surface area contributed by atoms with Crippen LogP contribution >= 0.6 is 0 Å². The molecule has 6 nitrogen and oxygen atoms in total. The van der Waals surface area contributed by atoms with E-state index < -0.39 is 0 Å². The molecule has 0 saturated heterocycles. The van der Waals surface area contributed by atoms with Crippen LogP contribution in [0.2, 0.25) is 0 Å². The molecule has 11 aromatic rings. The quantitative estimate of drug-likeness (QED) is 0.178. The van der Waals surface area contributed by atoms with E-state index in [4.69, 9.17) is 23.8 Å². The van der Waals surface area contributed by atoms with Crippen molar-refractivity contribution in [3.63, 3.8) is 0 Å². The Bertz CT molecular complexity index is 3490. The van der Waals surface area contributed by atoms with Crippen LogP contribution in [0.4, 0.5) is 0 Å². The number of nitrogens with one attached hydrogen (secondary N) is 1. The van der Waals surface area contributed by atoms with E-state index in [0.717, 1.165) is 99.2 Å². The second kappa shape index (κ2) is 12.9. The van der Waals surface area contributed by atoms with Crippen molar-refractivity contribution >= 4 is 77.0 Å². The molecule has 0 radical (unpaired) electrons. The number of furan rings is 1. The van der Waals surface area contributed by atoms with Crippen molar-refractivity contribution in [1.82, 2.24) is 10.3 Å². The lowest BCUT2D eigenvalue weighted by Gasteiger charge is -2.24. The van der Waals surface area contributed by atoms with E-state index in [2.05, 4.69) is 139 Å². The minimum atomic E-state index is -0.379. The maximum Gasteiger partial charge on any atom is 0.227 e. The van der Waals surface area contributed by atoms with Gasteiger partial charge in [0.2, 0.25) is 5.89 Å². The number of fused-ring (bicyclic) bond motifs is 10. The summed E-state index contributed by atoms with van der Waals surface area (Å²) in [5.41, 5.74) is 9.47. The van der Waals surface area contributed by atoms with Gasteiger partial charge < -0.3 is 14.2 Å². The lowest BCUT2D eigenvalue weighted by atomic mass is 9.95. The second-order valence-electron chi connectivity index (χ2n) is 14.8. The van der Waals surface area contributed by atoms with Crippen LogP contribution in [-0.4, -0.2) is 16.7 Å². The number of aliphatic imine (C=N–C) groups is 2. The number of benzene rings is 9. The molecule has 3 heterocycles. The molecule has 1 atom stereocenters. The van der Waals surface area contributed by atoms with Gasteiger partial charge in [-0.25, -0.2) is 15.0 Å². The summed E-state index contributed by atoms with van der Waals surface area (Å²) in [6.45, 7) is 0. The first kappa shape index (κ1) is 32.4. The summed E-state index contributed by atoms with van der Waals surface area (Å²) >= 11 is 0. The Labute approximate surface area is 332 Å². The van der Waals surface area contributed by atoms with E-state index in [1.807, 2.05) is 48.5 Å². The number of para-hydroxylation sites is 1. The maximum atomic E-state index is 6.44. The largest absolute Gasteiger partial charge is 0.456 e. The lowest BCUT2D eigenvalue weighted by Crippen LogP contribution is -2.33. The van der Waals surface area contributed by atoms with Gasteiger partial charge in [0.1, 0.15) is 28.7 Å². The highest BCUT2D eigenvalue weighted by Gasteiger charge is 2.23. The van der Waals surface area contributed by atoms with E-state index >= 15 is 0 Å². The summed E-state index contributed by atoms with van der Waals surface area (Å²) in [6.07, 6.45) is -0.379. The molecule has 272 valence electrons. The molecule has 0 saturated carbocycles. The summed E-state index contributed by atoms with van der Waals surface area (Å²) in [6, 6.07) is 63.0. The first-order valence-corrected chi connectivity index (χ1v) is 19.4. The summed E-state index contributed by atoms with van der Waals surface area (Å²) in [5.74, 6) is 2.05. The Morgan fingerprint density at radius 1 is 0.431 bits per heavy atom. The number of amidine groups is 2. The predicted octanol–water partition coefficient (Wildman–Crippen LogP) is 13.0. The number of rotatable bonds is 5. The zero-order chi connectivity index (χ0) is 38.2. The molecule has 0 spiro atoms. The van der Waals surface area contributed by atoms with Crippen LogP contribution in [0.25, 0.3) is 87.9 Å². The Morgan fingerprint density at radius 3 is 2.00 bits per heavy atom. The summed E-state index contributed by atoms with van der Waals surface area (Å²) in [5, 5.41) is 12.5. The van der Waals surface area contributed by atoms with Crippen molar-refractivity contribution in [3.05, 3.63) is 199 Å². The van der Waals surface area contributed by atoms with Crippen molar-refractivity contribution in [1.29, 1.82) is 0 Å². The van der Waals surface area contributed by atoms with Gasteiger partial charge in [0.25, 0.3) is 0 Å². The number of hydrogen-bond donors (Lipinski definition) is 1. The average Bonchev–Trinajstić information content (AvgIpc) is 3.92. The maximum absolute atomic E-state index is 6.44. The van der Waals surface area contributed by atoms with Crippen molar-refractivity contribution in [2.75, 3.05) is 0 Å². The smallest absolute Gasteiger partial charge is 0.227 e. The van der Waals surface area contributed by atoms with Crippen LogP contribution < -0.4 is 5.32 Å². The summed E-state index contributed by atoms with van der Waals surface area (Å²) in [4.78, 5) is 15.4. The van der Waals surface area contributed by atoms with Crippen LogP contribution in [0.1, 0.15) is 22.9 Å². The molecular formula is C52H32N4O2. The molecule has 9 aromatic carbocycles. The van der Waals surface area contributed by atoms with Crippen LogP contribution in [0.5, 0.6) is 0 Å². The molecular weight excluding hydrogens is 713 g/mol. The minimum Gasteiger partial charge on any atom is -0.456 e. The highest BCUT2D eigenvalue weighted by Crippen LogP contribution is 2.39. The van der Waals surface area contributed by atoms with Crippen LogP contribution in [0, 0.1) is 0 Å². The molecule has 2 aromatic heterocycles. The molecule has 1 aliphatic rings. The first-order valence-electron chi connectivity index (χ1n) is 19.4. The molecule has 12 rings (SSSR count). The zero-order valence-electron chi connectivity index (χ0n) is 31.1. The third-order valence-electron chi connectivity index (χ3n) is 11.3. The summed E-state index contributed by atoms with van der Waals surface area (Å²) in [7, 11) is 0. The first-order chi connectivity index (χ1) is 28.7. The van der Waals surface area contributed by atoms with Gasteiger partial charge in [0.15, 0.2) is 11.4 Å². The van der Waals surface area contributed by atoms with Gasteiger partial charge >= 0.3 is 0 Å². The Hall–Kier alpha value is -7.83. The summed E-state index contributed by atoms with van der Waals surface area (Å²) < 4.78 is 12.7. The monoisotopic (exact) mass is 744 g/mol. The fourth-order valence-electron chi connectivity index (χ4n) is 8.42. The number of nitrogens with zero attached hydrogens (tertiary/aromatic N) is 3. The highest BCUT2D eigenvalue weighted by atomic mass is 16.3. The average molecular weight is 745 g/mol. The molecule has 1 unspecified atom stereocenters. The number of hydrogen-bond acceptors (Lipinski definition) is 6.